The van der Waals surface area contributed by atoms with E-state index in [9.17, 15) is 4.79 Å². The summed E-state index contributed by atoms with van der Waals surface area (Å²) in [4.78, 5) is 17.3. The molecule has 8 heteroatoms. The van der Waals surface area contributed by atoms with Gasteiger partial charge in [0, 0.05) is 32.7 Å². The van der Waals surface area contributed by atoms with E-state index in [0.29, 0.717) is 40.4 Å². The Morgan fingerprint density at radius 3 is 2.35 bits per heavy atom. The number of fused-ring (bicyclic) bond motifs is 1. The Kier molecular flexibility index (Phi) is 7.47. The standard InChI is InChI=1S/C26H32N2O6/c1-18(29)22-23(31-3)19-10-17-34-24(19)26(32-4)25(22)33-16-7-11-27-12-14-28(15-13-27)20-8-5-6-9-21(20)30-2/h5-6,8-10,17H,7,11-16H2,1-4H3. The van der Waals surface area contributed by atoms with Crippen molar-refractivity contribution in [2.24, 2.45) is 0 Å². The summed E-state index contributed by atoms with van der Waals surface area (Å²) in [5.74, 6) is 1.98. The number of para-hydroxylation sites is 2. The van der Waals surface area contributed by atoms with Gasteiger partial charge in [0.2, 0.25) is 5.75 Å². The molecule has 0 atom stereocenters. The molecule has 0 radical (unpaired) electrons. The zero-order valence-electron chi connectivity index (χ0n) is 20.3. The van der Waals surface area contributed by atoms with Gasteiger partial charge < -0.3 is 28.3 Å². The number of benzene rings is 2. The maximum atomic E-state index is 12.5. The molecule has 3 aromatic rings. The molecule has 2 aromatic carbocycles. The molecule has 2 heterocycles. The number of ether oxygens (including phenoxy) is 4. The first-order valence-electron chi connectivity index (χ1n) is 11.5. The number of carbonyl (C=O) groups is 1. The van der Waals surface area contributed by atoms with Gasteiger partial charge in [0.1, 0.15) is 17.1 Å². The highest BCUT2D eigenvalue weighted by Crippen LogP contribution is 2.46. The number of ketones is 1. The lowest BCUT2D eigenvalue weighted by atomic mass is 10.0. The summed E-state index contributed by atoms with van der Waals surface area (Å²) in [5, 5.41) is 0.685. The van der Waals surface area contributed by atoms with Crippen molar-refractivity contribution < 1.29 is 28.2 Å². The van der Waals surface area contributed by atoms with E-state index >= 15 is 0 Å². The topological polar surface area (TPSA) is 73.6 Å². The molecule has 0 saturated carbocycles. The number of carbonyl (C=O) groups excluding carboxylic acids is 1. The molecule has 1 fully saturated rings. The average molecular weight is 469 g/mol. The van der Waals surface area contributed by atoms with Gasteiger partial charge in [-0.25, -0.2) is 0 Å². The first-order chi connectivity index (χ1) is 16.6. The van der Waals surface area contributed by atoms with E-state index in [4.69, 9.17) is 23.4 Å². The van der Waals surface area contributed by atoms with E-state index in [1.165, 1.54) is 14.0 Å². The highest BCUT2D eigenvalue weighted by Gasteiger charge is 2.27. The molecule has 1 saturated heterocycles. The minimum Gasteiger partial charge on any atom is -0.495 e. The number of hydrogen-bond donors (Lipinski definition) is 0. The fourth-order valence-electron chi connectivity index (χ4n) is 4.54. The summed E-state index contributed by atoms with van der Waals surface area (Å²) in [7, 11) is 4.79. The van der Waals surface area contributed by atoms with E-state index < -0.39 is 0 Å². The predicted molar refractivity (Wildman–Crippen MR) is 131 cm³/mol. The minimum absolute atomic E-state index is 0.152. The van der Waals surface area contributed by atoms with Crippen LogP contribution in [0.4, 0.5) is 5.69 Å². The molecule has 8 nitrogen and oxygen atoms in total. The molecule has 4 rings (SSSR count). The van der Waals surface area contributed by atoms with Crippen LogP contribution in [0.3, 0.4) is 0 Å². The first-order valence-corrected chi connectivity index (χ1v) is 11.5. The molecule has 1 aliphatic heterocycles. The Morgan fingerprint density at radius 1 is 0.941 bits per heavy atom. The van der Waals surface area contributed by atoms with Gasteiger partial charge in [0.05, 0.1) is 45.3 Å². The van der Waals surface area contributed by atoms with Crippen molar-refractivity contribution in [1.82, 2.24) is 4.90 Å². The summed E-state index contributed by atoms with van der Waals surface area (Å²) in [6, 6.07) is 9.90. The van der Waals surface area contributed by atoms with Crippen LogP contribution in [-0.4, -0.2) is 71.3 Å². The number of rotatable bonds is 10. The summed E-state index contributed by atoms with van der Waals surface area (Å²) in [6.07, 6.45) is 2.36. The minimum atomic E-state index is -0.152. The Labute approximate surface area is 199 Å². The van der Waals surface area contributed by atoms with Crippen LogP contribution in [0, 0.1) is 0 Å². The lowest BCUT2D eigenvalue weighted by Gasteiger charge is -2.36. The number of anilines is 1. The molecule has 0 aliphatic carbocycles. The number of Topliss-reactive ketones (excluding diaryl/α,β-unsaturated/α-hetero) is 1. The van der Waals surface area contributed by atoms with Crippen LogP contribution in [-0.2, 0) is 0 Å². The second kappa shape index (κ2) is 10.7. The zero-order chi connectivity index (χ0) is 24.1. The smallest absolute Gasteiger partial charge is 0.205 e. The molecule has 182 valence electrons. The quantitative estimate of drug-likeness (QED) is 0.323. The van der Waals surface area contributed by atoms with Crippen LogP contribution >= 0.6 is 0 Å². The van der Waals surface area contributed by atoms with Crippen LogP contribution in [0.1, 0.15) is 23.7 Å². The Bertz CT molecular complexity index is 1130. The Hall–Kier alpha value is -3.39. The van der Waals surface area contributed by atoms with Gasteiger partial charge in [-0.05, 0) is 31.5 Å². The van der Waals surface area contributed by atoms with Crippen molar-refractivity contribution in [3.05, 3.63) is 42.2 Å². The molecule has 0 bridgehead atoms. The Morgan fingerprint density at radius 2 is 1.68 bits per heavy atom. The molecule has 0 amide bonds. The predicted octanol–water partition coefficient (Wildman–Crippen LogP) is 4.25. The normalized spacial score (nSPS) is 14.3. The average Bonchev–Trinajstić information content (AvgIpc) is 3.35. The third kappa shape index (κ3) is 4.63. The van der Waals surface area contributed by atoms with E-state index in [1.54, 1.807) is 26.5 Å². The molecule has 34 heavy (non-hydrogen) atoms. The largest absolute Gasteiger partial charge is 0.495 e. The highest BCUT2D eigenvalue weighted by atomic mass is 16.5. The van der Waals surface area contributed by atoms with Gasteiger partial charge in [-0.3, -0.25) is 9.69 Å². The van der Waals surface area contributed by atoms with Gasteiger partial charge in [-0.1, -0.05) is 12.1 Å². The summed E-state index contributed by atoms with van der Waals surface area (Å²) < 4.78 is 28.3. The lowest BCUT2D eigenvalue weighted by Crippen LogP contribution is -2.46. The fraction of sp³-hybridized carbons (Fsp3) is 0.423. The van der Waals surface area contributed by atoms with Gasteiger partial charge in [-0.2, -0.15) is 0 Å². The second-order valence-corrected chi connectivity index (χ2v) is 8.19. The van der Waals surface area contributed by atoms with Crippen molar-refractivity contribution in [2.45, 2.75) is 13.3 Å². The number of methoxy groups -OCH3 is 3. The van der Waals surface area contributed by atoms with Gasteiger partial charge in [-0.15, -0.1) is 0 Å². The number of piperazine rings is 1. The van der Waals surface area contributed by atoms with Crippen LogP contribution in [0.15, 0.2) is 41.0 Å². The van der Waals surface area contributed by atoms with Crippen molar-refractivity contribution in [3.63, 3.8) is 0 Å². The summed E-state index contributed by atoms with van der Waals surface area (Å²) in [6.45, 7) is 6.65. The lowest BCUT2D eigenvalue weighted by molar-refractivity contribution is 0.100. The molecule has 1 aromatic heterocycles. The van der Waals surface area contributed by atoms with E-state index in [-0.39, 0.29) is 5.78 Å². The van der Waals surface area contributed by atoms with Crippen LogP contribution in [0.2, 0.25) is 0 Å². The first kappa shape index (κ1) is 23.8. The maximum absolute atomic E-state index is 12.5. The number of hydrogen-bond acceptors (Lipinski definition) is 8. The molecular formula is C26H32N2O6. The van der Waals surface area contributed by atoms with Gasteiger partial charge in [0.15, 0.2) is 17.1 Å². The SMILES string of the molecule is COc1ccccc1N1CCN(CCCOc2c(C(C)=O)c(OC)c3ccoc3c2OC)CC1. The summed E-state index contributed by atoms with van der Waals surface area (Å²) in [5.41, 5.74) is 2.02. The van der Waals surface area contributed by atoms with Gasteiger partial charge in [0.25, 0.3) is 0 Å². The number of nitrogens with zero attached hydrogens (tertiary/aromatic N) is 2. The van der Waals surface area contributed by atoms with E-state index in [0.717, 1.165) is 50.6 Å². The molecule has 0 spiro atoms. The highest BCUT2D eigenvalue weighted by molar-refractivity contribution is 6.08. The zero-order valence-corrected chi connectivity index (χ0v) is 20.3. The van der Waals surface area contributed by atoms with Crippen molar-refractivity contribution in [3.8, 4) is 23.0 Å². The van der Waals surface area contributed by atoms with Crippen molar-refractivity contribution >= 4 is 22.4 Å². The molecule has 0 unspecified atom stereocenters. The Balaban J connectivity index is 1.38. The maximum Gasteiger partial charge on any atom is 0.205 e. The molecule has 0 N–H and O–H groups in total. The van der Waals surface area contributed by atoms with E-state index in [1.807, 2.05) is 18.2 Å². The van der Waals surface area contributed by atoms with Crippen LogP contribution < -0.4 is 23.8 Å². The molecule has 1 aliphatic rings. The third-order valence-corrected chi connectivity index (χ3v) is 6.20. The van der Waals surface area contributed by atoms with Gasteiger partial charge >= 0.3 is 0 Å². The summed E-state index contributed by atoms with van der Waals surface area (Å²) >= 11 is 0. The third-order valence-electron chi connectivity index (χ3n) is 6.20. The second-order valence-electron chi connectivity index (χ2n) is 8.19. The van der Waals surface area contributed by atoms with Crippen molar-refractivity contribution in [1.29, 1.82) is 0 Å². The number of furan rings is 1. The van der Waals surface area contributed by atoms with Crippen molar-refractivity contribution in [2.75, 3.05) is 65.6 Å². The van der Waals surface area contributed by atoms with Crippen LogP contribution in [0.25, 0.3) is 11.0 Å². The molecular weight excluding hydrogens is 436 g/mol. The van der Waals surface area contributed by atoms with E-state index in [2.05, 4.69) is 15.9 Å². The fourth-order valence-corrected chi connectivity index (χ4v) is 4.54. The monoisotopic (exact) mass is 468 g/mol. The van der Waals surface area contributed by atoms with Crippen LogP contribution in [0.5, 0.6) is 23.0 Å².